The third-order valence-electron chi connectivity index (χ3n) is 3.21. The molecule has 0 radical (unpaired) electrons. The monoisotopic (exact) mass is 239 g/mol. The van der Waals surface area contributed by atoms with Gasteiger partial charge < -0.3 is 5.11 Å². The summed E-state index contributed by atoms with van der Waals surface area (Å²) in [5.41, 5.74) is 1.18. The lowest BCUT2D eigenvalue weighted by Gasteiger charge is -2.31. The molecular weight excluding hydrogens is 222 g/mol. The predicted octanol–water partition coefficient (Wildman–Crippen LogP) is 2.54. The fourth-order valence-corrected chi connectivity index (χ4v) is 2.51. The Labute approximate surface area is 102 Å². The van der Waals surface area contributed by atoms with Crippen molar-refractivity contribution in [1.29, 1.82) is 0 Å². The van der Waals surface area contributed by atoms with Crippen LogP contribution in [0, 0.1) is 5.92 Å². The Morgan fingerprint density at radius 1 is 1.38 bits per heavy atom. The van der Waals surface area contributed by atoms with Gasteiger partial charge in [0.25, 0.3) is 0 Å². The van der Waals surface area contributed by atoms with Gasteiger partial charge in [0.2, 0.25) is 0 Å². The summed E-state index contributed by atoms with van der Waals surface area (Å²) in [5.74, 6) is 0.441. The van der Waals surface area contributed by atoms with Gasteiger partial charge in [0, 0.05) is 24.7 Å². The fraction of sp³-hybridized carbons (Fsp3) is 0.538. The zero-order valence-electron chi connectivity index (χ0n) is 9.40. The molecule has 88 valence electrons. The van der Waals surface area contributed by atoms with Crippen molar-refractivity contribution in [2.45, 2.75) is 19.4 Å². The van der Waals surface area contributed by atoms with Gasteiger partial charge in [0.15, 0.2) is 0 Å². The Balaban J connectivity index is 1.97. The molecule has 0 saturated carbocycles. The van der Waals surface area contributed by atoms with Crippen LogP contribution in [-0.4, -0.2) is 29.7 Å². The predicted molar refractivity (Wildman–Crippen MR) is 66.5 cm³/mol. The fourth-order valence-electron chi connectivity index (χ4n) is 2.31. The van der Waals surface area contributed by atoms with Crippen LogP contribution in [0.2, 0.25) is 5.02 Å². The van der Waals surface area contributed by atoms with Crippen molar-refractivity contribution in [1.82, 2.24) is 4.90 Å². The van der Waals surface area contributed by atoms with Crippen LogP contribution in [0.15, 0.2) is 24.3 Å². The Kier molecular flexibility index (Phi) is 4.22. The number of aliphatic hydroxyl groups excluding tert-OH is 1. The lowest BCUT2D eigenvalue weighted by Crippen LogP contribution is -2.36. The van der Waals surface area contributed by atoms with E-state index in [0.717, 1.165) is 31.1 Å². The first kappa shape index (κ1) is 11.9. The zero-order chi connectivity index (χ0) is 11.4. The Morgan fingerprint density at radius 3 is 2.94 bits per heavy atom. The third kappa shape index (κ3) is 2.97. The van der Waals surface area contributed by atoms with Gasteiger partial charge in [-0.25, -0.2) is 0 Å². The zero-order valence-corrected chi connectivity index (χ0v) is 10.2. The molecule has 0 spiro atoms. The van der Waals surface area contributed by atoms with Gasteiger partial charge in [-0.15, -0.1) is 0 Å². The summed E-state index contributed by atoms with van der Waals surface area (Å²) in [6, 6.07) is 7.99. The smallest absolute Gasteiger partial charge is 0.0471 e. The summed E-state index contributed by atoms with van der Waals surface area (Å²) in [6.07, 6.45) is 2.32. The summed E-state index contributed by atoms with van der Waals surface area (Å²) in [7, 11) is 0. The Morgan fingerprint density at radius 2 is 2.19 bits per heavy atom. The van der Waals surface area contributed by atoms with Crippen LogP contribution in [0.1, 0.15) is 18.4 Å². The van der Waals surface area contributed by atoms with E-state index in [2.05, 4.69) is 11.0 Å². The van der Waals surface area contributed by atoms with Crippen LogP contribution in [-0.2, 0) is 6.54 Å². The van der Waals surface area contributed by atoms with Gasteiger partial charge in [-0.3, -0.25) is 4.90 Å². The molecule has 1 aliphatic rings. The lowest BCUT2D eigenvalue weighted by molar-refractivity contribution is 0.116. The molecule has 1 aromatic rings. The van der Waals surface area contributed by atoms with E-state index in [9.17, 15) is 5.11 Å². The molecule has 3 heteroatoms. The maximum absolute atomic E-state index is 9.18. The second-order valence-corrected chi connectivity index (χ2v) is 4.92. The maximum Gasteiger partial charge on any atom is 0.0471 e. The van der Waals surface area contributed by atoms with Crippen LogP contribution in [0.25, 0.3) is 0 Å². The number of hydrogen-bond acceptors (Lipinski definition) is 2. The molecule has 0 aromatic heterocycles. The molecule has 2 nitrogen and oxygen atoms in total. The summed E-state index contributed by atoms with van der Waals surface area (Å²) in [4.78, 5) is 2.38. The molecule has 16 heavy (non-hydrogen) atoms. The van der Waals surface area contributed by atoms with Crippen LogP contribution >= 0.6 is 11.6 Å². The molecule has 0 bridgehead atoms. The molecule has 0 aliphatic carbocycles. The van der Waals surface area contributed by atoms with Gasteiger partial charge in [-0.1, -0.05) is 29.8 Å². The van der Waals surface area contributed by atoms with Crippen LogP contribution in [0.3, 0.4) is 0 Å². The quantitative estimate of drug-likeness (QED) is 0.877. The standard InChI is InChI=1S/C13H18ClNO/c14-13-6-2-1-5-12(13)9-15-7-3-4-11(8-15)10-16/h1-2,5-6,11,16H,3-4,7-10H2/t11-/m0/s1. The number of likely N-dealkylation sites (tertiary alicyclic amines) is 1. The number of piperidine rings is 1. The molecule has 1 heterocycles. The highest BCUT2D eigenvalue weighted by atomic mass is 35.5. The highest BCUT2D eigenvalue weighted by molar-refractivity contribution is 6.31. The number of benzene rings is 1. The molecule has 0 unspecified atom stereocenters. The van der Waals surface area contributed by atoms with E-state index in [4.69, 9.17) is 11.6 Å². The molecular formula is C13H18ClNO. The van der Waals surface area contributed by atoms with E-state index in [1.807, 2.05) is 18.2 Å². The average Bonchev–Trinajstić information content (AvgIpc) is 2.32. The van der Waals surface area contributed by atoms with E-state index in [1.165, 1.54) is 12.0 Å². The number of nitrogens with zero attached hydrogens (tertiary/aromatic N) is 1. The van der Waals surface area contributed by atoms with Gasteiger partial charge in [0.05, 0.1) is 0 Å². The van der Waals surface area contributed by atoms with E-state index in [0.29, 0.717) is 12.5 Å². The van der Waals surface area contributed by atoms with Crippen molar-refractivity contribution in [3.63, 3.8) is 0 Å². The minimum Gasteiger partial charge on any atom is -0.396 e. The van der Waals surface area contributed by atoms with Crippen LogP contribution < -0.4 is 0 Å². The number of halogens is 1. The SMILES string of the molecule is OC[C@H]1CCCN(Cc2ccccc2Cl)C1. The van der Waals surface area contributed by atoms with Crippen LogP contribution in [0.5, 0.6) is 0 Å². The second-order valence-electron chi connectivity index (χ2n) is 4.52. The summed E-state index contributed by atoms with van der Waals surface area (Å²) in [5, 5.41) is 10.0. The summed E-state index contributed by atoms with van der Waals surface area (Å²) >= 11 is 6.14. The lowest BCUT2D eigenvalue weighted by atomic mass is 9.98. The van der Waals surface area contributed by atoms with Gasteiger partial charge in [-0.05, 0) is 36.9 Å². The van der Waals surface area contributed by atoms with Crippen molar-refractivity contribution < 1.29 is 5.11 Å². The number of rotatable bonds is 3. The van der Waals surface area contributed by atoms with E-state index in [-0.39, 0.29) is 0 Å². The van der Waals surface area contributed by atoms with E-state index >= 15 is 0 Å². The van der Waals surface area contributed by atoms with E-state index < -0.39 is 0 Å². The van der Waals surface area contributed by atoms with Crippen molar-refractivity contribution in [3.8, 4) is 0 Å². The highest BCUT2D eigenvalue weighted by Crippen LogP contribution is 2.21. The molecule has 1 N–H and O–H groups in total. The topological polar surface area (TPSA) is 23.5 Å². The number of hydrogen-bond donors (Lipinski definition) is 1. The van der Waals surface area contributed by atoms with Crippen molar-refractivity contribution in [2.75, 3.05) is 19.7 Å². The molecule has 1 fully saturated rings. The molecule has 1 aliphatic heterocycles. The minimum atomic E-state index is 0.305. The van der Waals surface area contributed by atoms with E-state index in [1.54, 1.807) is 0 Å². The number of aliphatic hydroxyl groups is 1. The average molecular weight is 240 g/mol. The molecule has 1 atom stereocenters. The third-order valence-corrected chi connectivity index (χ3v) is 3.58. The largest absolute Gasteiger partial charge is 0.396 e. The maximum atomic E-state index is 9.18. The molecule has 2 rings (SSSR count). The first-order valence-electron chi connectivity index (χ1n) is 5.86. The normalized spacial score (nSPS) is 22.2. The van der Waals surface area contributed by atoms with Crippen molar-refractivity contribution >= 4 is 11.6 Å². The molecule has 1 saturated heterocycles. The highest BCUT2D eigenvalue weighted by Gasteiger charge is 2.19. The van der Waals surface area contributed by atoms with Crippen LogP contribution in [0.4, 0.5) is 0 Å². The van der Waals surface area contributed by atoms with Gasteiger partial charge >= 0.3 is 0 Å². The van der Waals surface area contributed by atoms with Gasteiger partial charge in [0.1, 0.15) is 0 Å². The minimum absolute atomic E-state index is 0.305. The first-order chi connectivity index (χ1) is 7.79. The van der Waals surface area contributed by atoms with Crippen molar-refractivity contribution in [2.24, 2.45) is 5.92 Å². The van der Waals surface area contributed by atoms with Gasteiger partial charge in [-0.2, -0.15) is 0 Å². The van der Waals surface area contributed by atoms with Crippen molar-refractivity contribution in [3.05, 3.63) is 34.9 Å². The first-order valence-corrected chi connectivity index (χ1v) is 6.24. The second kappa shape index (κ2) is 5.67. The Bertz CT molecular complexity index is 342. The summed E-state index contributed by atoms with van der Waals surface area (Å²) in [6.45, 7) is 3.30. The Hall–Kier alpha value is -0.570. The molecule has 0 amide bonds. The summed E-state index contributed by atoms with van der Waals surface area (Å²) < 4.78 is 0. The molecule has 1 aromatic carbocycles.